The molecule has 0 aromatic heterocycles. The van der Waals surface area contributed by atoms with Gasteiger partial charge in [0.1, 0.15) is 11.3 Å². The van der Waals surface area contributed by atoms with E-state index in [2.05, 4.69) is 10.0 Å². The summed E-state index contributed by atoms with van der Waals surface area (Å²) in [5.41, 5.74) is 2.15. The van der Waals surface area contributed by atoms with Crippen LogP contribution in [0, 0.1) is 6.92 Å². The SMILES string of the molecule is Cc1cccc(CSCC(=O)C(CC(=O)O)NC(=O)c2ccc(CNS(=O)(=O)c3ccc(O)c(C(=O)O)c3)cc2)c1. The molecular weight excluding hydrogens is 572 g/mol. The Kier molecular flexibility index (Phi) is 10.6. The monoisotopic (exact) mass is 600 g/mol. The number of Topliss-reactive ketones (excluding diaryl/α,β-unsaturated/α-hetero) is 1. The minimum atomic E-state index is -4.12. The second-order valence-electron chi connectivity index (χ2n) is 9.08. The van der Waals surface area contributed by atoms with Gasteiger partial charge in [-0.1, -0.05) is 42.0 Å². The summed E-state index contributed by atoms with van der Waals surface area (Å²) in [5.74, 6) is -3.81. The van der Waals surface area contributed by atoms with Crippen molar-refractivity contribution < 1.29 is 42.9 Å². The van der Waals surface area contributed by atoms with Gasteiger partial charge in [0.05, 0.1) is 23.1 Å². The molecule has 1 amide bonds. The molecule has 5 N–H and O–H groups in total. The topological polar surface area (TPSA) is 187 Å². The smallest absolute Gasteiger partial charge is 0.339 e. The molecule has 0 spiro atoms. The van der Waals surface area contributed by atoms with E-state index in [0.29, 0.717) is 11.3 Å². The van der Waals surface area contributed by atoms with Crippen molar-refractivity contribution in [1.82, 2.24) is 10.0 Å². The van der Waals surface area contributed by atoms with Crippen molar-refractivity contribution in [3.63, 3.8) is 0 Å². The third-order valence-corrected chi connectivity index (χ3v) is 8.28. The second-order valence-corrected chi connectivity index (χ2v) is 11.8. The molecule has 11 nitrogen and oxygen atoms in total. The van der Waals surface area contributed by atoms with Gasteiger partial charge in [0.25, 0.3) is 5.91 Å². The Morgan fingerprint density at radius 2 is 1.63 bits per heavy atom. The first-order valence-corrected chi connectivity index (χ1v) is 14.8. The van der Waals surface area contributed by atoms with E-state index in [0.717, 1.165) is 29.3 Å². The molecule has 0 aliphatic heterocycles. The van der Waals surface area contributed by atoms with Crippen molar-refractivity contribution in [2.24, 2.45) is 0 Å². The van der Waals surface area contributed by atoms with Gasteiger partial charge in [-0.2, -0.15) is 0 Å². The lowest BCUT2D eigenvalue weighted by atomic mass is 10.1. The summed E-state index contributed by atoms with van der Waals surface area (Å²) in [7, 11) is -4.12. The molecule has 0 saturated heterocycles. The van der Waals surface area contributed by atoms with E-state index >= 15 is 0 Å². The Morgan fingerprint density at radius 3 is 2.27 bits per heavy atom. The lowest BCUT2D eigenvalue weighted by molar-refractivity contribution is -0.139. The molecule has 0 bridgehead atoms. The number of rotatable bonds is 14. The number of hydrogen-bond acceptors (Lipinski definition) is 8. The standard InChI is InChI=1S/C28H28N2O9S2/c1-17-3-2-4-19(11-17)15-40-16-25(32)23(13-26(33)34)30-27(35)20-7-5-18(6-8-20)14-29-41(38,39)21-9-10-24(31)22(12-21)28(36)37/h2-12,23,29,31H,13-16H2,1H3,(H,30,35)(H,33,34)(H,36,37). The van der Waals surface area contributed by atoms with Gasteiger partial charge in [0.15, 0.2) is 5.78 Å². The van der Waals surface area contributed by atoms with Crippen LogP contribution in [0.2, 0.25) is 0 Å². The first-order chi connectivity index (χ1) is 19.4. The number of thioether (sulfide) groups is 1. The number of sulfonamides is 1. The predicted octanol–water partition coefficient (Wildman–Crippen LogP) is 2.95. The highest BCUT2D eigenvalue weighted by Crippen LogP contribution is 2.21. The predicted molar refractivity (Wildman–Crippen MR) is 151 cm³/mol. The zero-order valence-electron chi connectivity index (χ0n) is 21.9. The van der Waals surface area contributed by atoms with Gasteiger partial charge in [-0.05, 0) is 48.4 Å². The summed E-state index contributed by atoms with van der Waals surface area (Å²) in [4.78, 5) is 47.6. The largest absolute Gasteiger partial charge is 0.507 e. The fourth-order valence-electron chi connectivity index (χ4n) is 3.72. The molecule has 0 radical (unpaired) electrons. The van der Waals surface area contributed by atoms with Crippen molar-refractivity contribution in [2.45, 2.75) is 36.6 Å². The maximum atomic E-state index is 12.8. The minimum Gasteiger partial charge on any atom is -0.507 e. The number of hydrogen-bond donors (Lipinski definition) is 5. The third-order valence-electron chi connectivity index (χ3n) is 5.86. The number of carbonyl (C=O) groups is 4. The Balaban J connectivity index is 1.59. The van der Waals surface area contributed by atoms with Crippen LogP contribution in [-0.2, 0) is 31.9 Å². The average Bonchev–Trinajstić information content (AvgIpc) is 2.91. The molecule has 1 atom stereocenters. The molecule has 216 valence electrons. The molecule has 41 heavy (non-hydrogen) atoms. The van der Waals surface area contributed by atoms with Crippen LogP contribution in [0.3, 0.4) is 0 Å². The van der Waals surface area contributed by atoms with Crippen LogP contribution < -0.4 is 10.0 Å². The van der Waals surface area contributed by atoms with Gasteiger partial charge in [0, 0.05) is 17.9 Å². The zero-order chi connectivity index (χ0) is 30.2. The molecule has 3 rings (SSSR count). The van der Waals surface area contributed by atoms with Crippen molar-refractivity contribution in [3.05, 3.63) is 94.5 Å². The number of carboxylic acid groups (broad SMARTS) is 2. The molecule has 1 unspecified atom stereocenters. The van der Waals surface area contributed by atoms with E-state index in [-0.39, 0.29) is 22.8 Å². The number of ketones is 1. The van der Waals surface area contributed by atoms with E-state index < -0.39 is 57.4 Å². The fraction of sp³-hybridized carbons (Fsp3) is 0.214. The number of nitrogens with one attached hydrogen (secondary N) is 2. The van der Waals surface area contributed by atoms with Gasteiger partial charge >= 0.3 is 11.9 Å². The molecule has 3 aromatic carbocycles. The molecule has 0 fully saturated rings. The Hall–Kier alpha value is -4.20. The summed E-state index contributed by atoms with van der Waals surface area (Å²) in [5, 5.41) is 30.4. The second kappa shape index (κ2) is 13.9. The van der Waals surface area contributed by atoms with Gasteiger partial charge in [-0.25, -0.2) is 17.9 Å². The highest BCUT2D eigenvalue weighted by atomic mass is 32.2. The number of carbonyl (C=O) groups excluding carboxylic acids is 2. The first-order valence-electron chi connectivity index (χ1n) is 12.2. The van der Waals surface area contributed by atoms with Gasteiger partial charge in [-0.15, -0.1) is 11.8 Å². The lowest BCUT2D eigenvalue weighted by Crippen LogP contribution is -2.43. The maximum absolute atomic E-state index is 12.8. The number of aryl methyl sites for hydroxylation is 1. The molecule has 13 heteroatoms. The van der Waals surface area contributed by atoms with Crippen molar-refractivity contribution >= 4 is 45.4 Å². The van der Waals surface area contributed by atoms with Crippen LogP contribution in [0.15, 0.2) is 71.6 Å². The average molecular weight is 601 g/mol. The van der Waals surface area contributed by atoms with E-state index in [1.54, 1.807) is 0 Å². The Morgan fingerprint density at radius 1 is 0.927 bits per heavy atom. The number of benzene rings is 3. The normalized spacial score (nSPS) is 11.9. The number of aromatic hydroxyl groups is 1. The van der Waals surface area contributed by atoms with Gasteiger partial charge in [-0.3, -0.25) is 14.4 Å². The highest BCUT2D eigenvalue weighted by Gasteiger charge is 2.24. The Bertz CT molecular complexity index is 1550. The summed E-state index contributed by atoms with van der Waals surface area (Å²) in [6.07, 6.45) is -0.573. The molecule has 3 aromatic rings. The lowest BCUT2D eigenvalue weighted by Gasteiger charge is -2.16. The summed E-state index contributed by atoms with van der Waals surface area (Å²) in [6, 6.07) is 15.2. The molecule has 0 aliphatic carbocycles. The quantitative estimate of drug-likeness (QED) is 0.184. The van der Waals surface area contributed by atoms with E-state index in [1.165, 1.54) is 36.0 Å². The fourth-order valence-corrected chi connectivity index (χ4v) is 5.69. The van der Waals surface area contributed by atoms with Crippen molar-refractivity contribution in [3.8, 4) is 5.75 Å². The number of carboxylic acids is 2. The van der Waals surface area contributed by atoms with Crippen molar-refractivity contribution in [1.29, 1.82) is 0 Å². The highest BCUT2D eigenvalue weighted by molar-refractivity contribution is 7.99. The molecule has 0 heterocycles. The number of phenols is 1. The zero-order valence-corrected chi connectivity index (χ0v) is 23.5. The van der Waals surface area contributed by atoms with Crippen LogP contribution >= 0.6 is 11.8 Å². The molecular formula is C28H28N2O9S2. The van der Waals surface area contributed by atoms with E-state index in [9.17, 15) is 37.8 Å². The van der Waals surface area contributed by atoms with E-state index in [4.69, 9.17) is 5.11 Å². The third kappa shape index (κ3) is 9.17. The van der Waals surface area contributed by atoms with Gasteiger partial charge in [0.2, 0.25) is 10.0 Å². The number of aromatic carboxylic acids is 1. The van der Waals surface area contributed by atoms with Gasteiger partial charge < -0.3 is 20.6 Å². The van der Waals surface area contributed by atoms with Crippen LogP contribution in [0.4, 0.5) is 0 Å². The summed E-state index contributed by atoms with van der Waals surface area (Å²) >= 11 is 1.32. The summed E-state index contributed by atoms with van der Waals surface area (Å²) < 4.78 is 27.5. The van der Waals surface area contributed by atoms with E-state index in [1.807, 2.05) is 31.2 Å². The molecule has 0 saturated carbocycles. The van der Waals surface area contributed by atoms with Crippen LogP contribution in [0.1, 0.15) is 43.8 Å². The molecule has 0 aliphatic rings. The Labute approximate surface area is 240 Å². The number of aliphatic carboxylic acids is 1. The van der Waals surface area contributed by atoms with Crippen LogP contribution in [-0.4, -0.2) is 59.2 Å². The first kappa shape index (κ1) is 31.3. The summed E-state index contributed by atoms with van der Waals surface area (Å²) in [6.45, 7) is 1.77. The van der Waals surface area contributed by atoms with Crippen LogP contribution in [0.25, 0.3) is 0 Å². The maximum Gasteiger partial charge on any atom is 0.339 e. The minimum absolute atomic E-state index is 0.0141. The van der Waals surface area contributed by atoms with Crippen LogP contribution in [0.5, 0.6) is 5.75 Å². The van der Waals surface area contributed by atoms with Crippen molar-refractivity contribution in [2.75, 3.05) is 5.75 Å². The number of amides is 1.